The average molecular weight is 279 g/mol. The van der Waals surface area contributed by atoms with Crippen molar-refractivity contribution < 1.29 is 0 Å². The maximum Gasteiger partial charge on any atom is 0.0351 e. The van der Waals surface area contributed by atoms with Gasteiger partial charge in [0.25, 0.3) is 0 Å². The maximum absolute atomic E-state index is 2.75. The Balaban J connectivity index is 1.17. The molecular weight excluding hydrogens is 250 g/mol. The van der Waals surface area contributed by atoms with Crippen LogP contribution in [0.15, 0.2) is 0 Å². The summed E-state index contributed by atoms with van der Waals surface area (Å²) < 4.78 is 0. The monoisotopic (exact) mass is 279 g/mol. The van der Waals surface area contributed by atoms with E-state index in [2.05, 4.69) is 38.6 Å². The predicted molar refractivity (Wildman–Crippen MR) is 81.1 cm³/mol. The van der Waals surface area contributed by atoms with E-state index in [1.807, 2.05) is 0 Å². The van der Waals surface area contributed by atoms with Gasteiger partial charge in [-0.2, -0.15) is 0 Å². The van der Waals surface area contributed by atoms with Crippen molar-refractivity contribution in [1.82, 2.24) is 24.5 Å². The molecule has 4 saturated heterocycles. The molecule has 0 atom stereocenters. The molecule has 0 spiro atoms. The summed E-state index contributed by atoms with van der Waals surface area (Å²) in [5.74, 6) is 0. The third-order valence-electron chi connectivity index (χ3n) is 5.88. The molecule has 4 rings (SSSR count). The average Bonchev–Trinajstić information content (AvgIpc) is 2.32. The summed E-state index contributed by atoms with van der Waals surface area (Å²) in [5, 5.41) is 0. The van der Waals surface area contributed by atoms with Gasteiger partial charge in [0, 0.05) is 83.6 Å². The Morgan fingerprint density at radius 3 is 1.25 bits per heavy atom. The second kappa shape index (κ2) is 5.21. The van der Waals surface area contributed by atoms with E-state index in [1.54, 1.807) is 0 Å². The molecule has 4 aliphatic rings. The van der Waals surface area contributed by atoms with Crippen LogP contribution in [0.2, 0.25) is 0 Å². The standard InChI is InChI=1S/C15H29N5/c1-16-7-13(8-16)18-3-5-19(6-4-18)15-11-20(12-15)14-9-17(2)10-14/h13-15H,3-12H2,1-2H3. The number of hydrogen-bond acceptors (Lipinski definition) is 5. The molecule has 0 aromatic rings. The van der Waals surface area contributed by atoms with Crippen LogP contribution in [0.3, 0.4) is 0 Å². The lowest BCUT2D eigenvalue weighted by Gasteiger charge is -2.55. The van der Waals surface area contributed by atoms with E-state index in [-0.39, 0.29) is 0 Å². The number of hydrogen-bond donors (Lipinski definition) is 0. The fraction of sp³-hybridized carbons (Fsp3) is 1.00. The van der Waals surface area contributed by atoms with Crippen LogP contribution in [0.4, 0.5) is 0 Å². The summed E-state index contributed by atoms with van der Waals surface area (Å²) in [7, 11) is 4.46. The van der Waals surface area contributed by atoms with Crippen LogP contribution in [0.25, 0.3) is 0 Å². The van der Waals surface area contributed by atoms with Crippen molar-refractivity contribution in [2.24, 2.45) is 0 Å². The van der Waals surface area contributed by atoms with Crippen LogP contribution >= 0.6 is 0 Å². The zero-order valence-corrected chi connectivity index (χ0v) is 13.0. The van der Waals surface area contributed by atoms with Crippen molar-refractivity contribution in [3.63, 3.8) is 0 Å². The molecule has 4 aliphatic heterocycles. The van der Waals surface area contributed by atoms with E-state index in [1.165, 1.54) is 65.4 Å². The minimum Gasteiger partial charge on any atom is -0.303 e. The minimum absolute atomic E-state index is 0.852. The van der Waals surface area contributed by atoms with Gasteiger partial charge in [0.1, 0.15) is 0 Å². The molecule has 114 valence electrons. The molecule has 4 fully saturated rings. The molecule has 5 heteroatoms. The van der Waals surface area contributed by atoms with Gasteiger partial charge in [-0.05, 0) is 14.1 Å². The normalized spacial score (nSPS) is 33.9. The molecule has 20 heavy (non-hydrogen) atoms. The lowest BCUT2D eigenvalue weighted by atomic mass is 9.98. The number of likely N-dealkylation sites (tertiary alicyclic amines) is 3. The summed E-state index contributed by atoms with van der Waals surface area (Å²) in [6, 6.07) is 2.57. The largest absolute Gasteiger partial charge is 0.303 e. The second-order valence-corrected chi connectivity index (χ2v) is 7.43. The van der Waals surface area contributed by atoms with Gasteiger partial charge in [-0.25, -0.2) is 0 Å². The smallest absolute Gasteiger partial charge is 0.0351 e. The molecule has 0 aromatic carbocycles. The van der Waals surface area contributed by atoms with Crippen LogP contribution in [0, 0.1) is 0 Å². The van der Waals surface area contributed by atoms with Crippen molar-refractivity contribution in [3.8, 4) is 0 Å². The highest BCUT2D eigenvalue weighted by atomic mass is 15.4. The molecule has 0 amide bonds. The Labute approximate surface area is 123 Å². The first-order valence-electron chi connectivity index (χ1n) is 8.28. The highest BCUT2D eigenvalue weighted by Gasteiger charge is 2.41. The van der Waals surface area contributed by atoms with Crippen LogP contribution in [0.1, 0.15) is 0 Å². The van der Waals surface area contributed by atoms with Crippen LogP contribution in [-0.4, -0.2) is 122 Å². The summed E-state index contributed by atoms with van der Waals surface area (Å²) in [4.78, 5) is 13.0. The van der Waals surface area contributed by atoms with Crippen molar-refractivity contribution in [2.45, 2.75) is 18.1 Å². The van der Waals surface area contributed by atoms with Gasteiger partial charge in [0.2, 0.25) is 0 Å². The Bertz CT molecular complexity index is 336. The van der Waals surface area contributed by atoms with Gasteiger partial charge in [0.15, 0.2) is 0 Å². The van der Waals surface area contributed by atoms with Gasteiger partial charge in [-0.1, -0.05) is 0 Å². The minimum atomic E-state index is 0.852. The predicted octanol–water partition coefficient (Wildman–Crippen LogP) is -1.08. The first-order chi connectivity index (χ1) is 9.69. The van der Waals surface area contributed by atoms with E-state index < -0.39 is 0 Å². The Kier molecular flexibility index (Phi) is 3.51. The van der Waals surface area contributed by atoms with Crippen molar-refractivity contribution in [2.75, 3.05) is 79.5 Å². The third-order valence-corrected chi connectivity index (χ3v) is 5.88. The summed E-state index contributed by atoms with van der Waals surface area (Å²) in [6.07, 6.45) is 0. The quantitative estimate of drug-likeness (QED) is 0.651. The van der Waals surface area contributed by atoms with Gasteiger partial charge in [-0.15, -0.1) is 0 Å². The Hall–Kier alpha value is -0.200. The van der Waals surface area contributed by atoms with Gasteiger partial charge >= 0.3 is 0 Å². The zero-order valence-electron chi connectivity index (χ0n) is 13.0. The zero-order chi connectivity index (χ0) is 13.7. The van der Waals surface area contributed by atoms with E-state index in [4.69, 9.17) is 0 Å². The third kappa shape index (κ3) is 2.40. The van der Waals surface area contributed by atoms with E-state index in [9.17, 15) is 0 Å². The van der Waals surface area contributed by atoms with E-state index in [0.29, 0.717) is 0 Å². The van der Waals surface area contributed by atoms with E-state index >= 15 is 0 Å². The molecule has 0 aromatic heterocycles. The molecule has 4 heterocycles. The van der Waals surface area contributed by atoms with Gasteiger partial charge in [-0.3, -0.25) is 14.7 Å². The lowest BCUT2D eigenvalue weighted by molar-refractivity contribution is -0.0634. The van der Waals surface area contributed by atoms with Crippen molar-refractivity contribution in [1.29, 1.82) is 0 Å². The molecule has 0 radical (unpaired) electrons. The summed E-state index contributed by atoms with van der Waals surface area (Å²) in [6.45, 7) is 13.0. The fourth-order valence-electron chi connectivity index (χ4n) is 4.28. The topological polar surface area (TPSA) is 16.2 Å². The Morgan fingerprint density at radius 1 is 0.500 bits per heavy atom. The molecule has 0 N–H and O–H groups in total. The molecule has 0 aliphatic carbocycles. The summed E-state index contributed by atoms with van der Waals surface area (Å²) in [5.41, 5.74) is 0. The number of rotatable bonds is 3. The molecule has 5 nitrogen and oxygen atoms in total. The maximum atomic E-state index is 2.75. The van der Waals surface area contributed by atoms with Crippen LogP contribution < -0.4 is 0 Å². The first kappa shape index (κ1) is 13.5. The first-order valence-corrected chi connectivity index (χ1v) is 8.28. The SMILES string of the molecule is CN1CC(N2CCN(C3CN(C4CN(C)C4)C3)CC2)C1. The summed E-state index contributed by atoms with van der Waals surface area (Å²) >= 11 is 0. The molecular formula is C15H29N5. The van der Waals surface area contributed by atoms with Crippen LogP contribution in [-0.2, 0) is 0 Å². The fourth-order valence-corrected chi connectivity index (χ4v) is 4.28. The van der Waals surface area contributed by atoms with E-state index in [0.717, 1.165) is 18.1 Å². The second-order valence-electron chi connectivity index (χ2n) is 7.43. The highest BCUT2D eigenvalue weighted by Crippen LogP contribution is 2.24. The number of piperazine rings is 1. The highest BCUT2D eigenvalue weighted by molar-refractivity contribution is 4.98. The molecule has 0 saturated carbocycles. The molecule has 0 unspecified atom stereocenters. The molecule has 0 bridgehead atoms. The number of nitrogens with zero attached hydrogens (tertiary/aromatic N) is 5. The lowest BCUT2D eigenvalue weighted by Crippen LogP contribution is -2.71. The number of likely N-dealkylation sites (N-methyl/N-ethyl adjacent to an activating group) is 2. The van der Waals surface area contributed by atoms with Gasteiger partial charge < -0.3 is 9.80 Å². The van der Waals surface area contributed by atoms with Crippen molar-refractivity contribution in [3.05, 3.63) is 0 Å². The van der Waals surface area contributed by atoms with Crippen molar-refractivity contribution >= 4 is 0 Å². The Morgan fingerprint density at radius 2 is 0.850 bits per heavy atom. The van der Waals surface area contributed by atoms with Gasteiger partial charge in [0.05, 0.1) is 0 Å². The van der Waals surface area contributed by atoms with Crippen LogP contribution in [0.5, 0.6) is 0 Å².